The molecule has 1 aliphatic heterocycles. The molecule has 0 saturated carbocycles. The van der Waals surface area contributed by atoms with E-state index in [4.69, 9.17) is 9.47 Å². The van der Waals surface area contributed by atoms with Crippen molar-refractivity contribution in [1.82, 2.24) is 5.32 Å². The first-order valence-corrected chi connectivity index (χ1v) is 26.2. The molecular formula is C53H99NO8. The van der Waals surface area contributed by atoms with Crippen LogP contribution in [0.4, 0.5) is 0 Å². The minimum atomic E-state index is -1.57. The Morgan fingerprint density at radius 1 is 0.532 bits per heavy atom. The van der Waals surface area contributed by atoms with E-state index in [2.05, 4.69) is 43.5 Å². The van der Waals surface area contributed by atoms with Crippen molar-refractivity contribution in [3.05, 3.63) is 36.5 Å². The summed E-state index contributed by atoms with van der Waals surface area (Å²) in [6, 6.07) is -0.825. The normalized spacial score (nSPS) is 20.5. The molecule has 1 fully saturated rings. The van der Waals surface area contributed by atoms with E-state index in [1.807, 2.05) is 6.08 Å². The average Bonchev–Trinajstić information content (AvgIpc) is 3.27. The van der Waals surface area contributed by atoms with Gasteiger partial charge in [-0.15, -0.1) is 0 Å². The highest BCUT2D eigenvalue weighted by atomic mass is 16.7. The summed E-state index contributed by atoms with van der Waals surface area (Å²) in [6.45, 7) is 3.77. The minimum Gasteiger partial charge on any atom is -0.394 e. The van der Waals surface area contributed by atoms with Crippen molar-refractivity contribution in [2.45, 2.75) is 281 Å². The van der Waals surface area contributed by atoms with Gasteiger partial charge >= 0.3 is 0 Å². The number of carbonyl (C=O) groups is 1. The molecule has 9 nitrogen and oxygen atoms in total. The van der Waals surface area contributed by atoms with Crippen molar-refractivity contribution in [3.63, 3.8) is 0 Å². The average molecular weight is 878 g/mol. The number of allylic oxidation sites excluding steroid dienone is 5. The van der Waals surface area contributed by atoms with Crippen molar-refractivity contribution in [2.75, 3.05) is 13.2 Å². The molecule has 364 valence electrons. The largest absolute Gasteiger partial charge is 0.394 e. The van der Waals surface area contributed by atoms with Gasteiger partial charge in [-0.1, -0.05) is 224 Å². The summed E-state index contributed by atoms with van der Waals surface area (Å²) in [5.74, 6) is -0.188. The van der Waals surface area contributed by atoms with Crippen LogP contribution in [0.15, 0.2) is 36.5 Å². The van der Waals surface area contributed by atoms with Gasteiger partial charge in [-0.2, -0.15) is 0 Å². The maximum atomic E-state index is 13.0. The lowest BCUT2D eigenvalue weighted by Crippen LogP contribution is -2.60. The number of nitrogens with one attached hydrogen (secondary N) is 1. The zero-order valence-electron chi connectivity index (χ0n) is 40.1. The van der Waals surface area contributed by atoms with E-state index in [1.165, 1.54) is 173 Å². The highest BCUT2D eigenvalue weighted by Gasteiger charge is 2.44. The van der Waals surface area contributed by atoms with Gasteiger partial charge < -0.3 is 40.3 Å². The number of carbonyl (C=O) groups excluding carboxylic acids is 1. The van der Waals surface area contributed by atoms with Crippen LogP contribution in [-0.4, -0.2) is 87.5 Å². The SMILES string of the molecule is CCCCCCCCCCCCCC/C=C/CC/C=C/CC/C=C/C(O)C(COC1OC(CO)C(O)C(O)C1O)NC(=O)CCCCCCCCCCCCCCCCCCC. The van der Waals surface area contributed by atoms with Gasteiger partial charge in [-0.25, -0.2) is 0 Å². The van der Waals surface area contributed by atoms with Gasteiger partial charge in [0.05, 0.1) is 25.4 Å². The van der Waals surface area contributed by atoms with E-state index in [1.54, 1.807) is 6.08 Å². The number of ether oxygens (including phenoxy) is 2. The fourth-order valence-corrected chi connectivity index (χ4v) is 8.25. The molecule has 6 N–H and O–H groups in total. The number of hydrogen-bond acceptors (Lipinski definition) is 8. The number of aliphatic hydroxyl groups is 5. The highest BCUT2D eigenvalue weighted by Crippen LogP contribution is 2.23. The Morgan fingerprint density at radius 3 is 1.35 bits per heavy atom. The zero-order chi connectivity index (χ0) is 45.1. The Balaban J connectivity index is 2.32. The third-order valence-corrected chi connectivity index (χ3v) is 12.4. The molecule has 1 amide bonds. The number of aliphatic hydroxyl groups excluding tert-OH is 5. The molecule has 1 saturated heterocycles. The first kappa shape index (κ1) is 58.4. The van der Waals surface area contributed by atoms with Gasteiger partial charge in [0.2, 0.25) is 5.91 Å². The van der Waals surface area contributed by atoms with Gasteiger partial charge in [0.15, 0.2) is 6.29 Å². The first-order valence-electron chi connectivity index (χ1n) is 26.2. The molecule has 1 heterocycles. The van der Waals surface area contributed by atoms with Crippen molar-refractivity contribution >= 4 is 5.91 Å². The minimum absolute atomic E-state index is 0.188. The lowest BCUT2D eigenvalue weighted by Gasteiger charge is -2.40. The van der Waals surface area contributed by atoms with Gasteiger partial charge in [-0.05, 0) is 44.9 Å². The van der Waals surface area contributed by atoms with Crippen molar-refractivity contribution < 1.29 is 39.8 Å². The third-order valence-electron chi connectivity index (χ3n) is 12.4. The van der Waals surface area contributed by atoms with Gasteiger partial charge in [-0.3, -0.25) is 4.79 Å². The van der Waals surface area contributed by atoms with Crippen molar-refractivity contribution in [1.29, 1.82) is 0 Å². The molecule has 0 radical (unpaired) electrons. The molecule has 0 bridgehead atoms. The molecule has 62 heavy (non-hydrogen) atoms. The predicted octanol–water partition coefficient (Wildman–Crippen LogP) is 12.0. The maximum Gasteiger partial charge on any atom is 0.220 e. The topological polar surface area (TPSA) is 149 Å². The van der Waals surface area contributed by atoms with Gasteiger partial charge in [0.1, 0.15) is 24.4 Å². The lowest BCUT2D eigenvalue weighted by molar-refractivity contribution is -0.302. The molecule has 0 spiro atoms. The molecule has 7 atom stereocenters. The van der Waals surface area contributed by atoms with Crippen molar-refractivity contribution in [3.8, 4) is 0 Å². The Bertz CT molecular complexity index is 1070. The van der Waals surface area contributed by atoms with Crippen LogP contribution in [0.3, 0.4) is 0 Å². The second-order valence-electron chi connectivity index (χ2n) is 18.3. The monoisotopic (exact) mass is 878 g/mol. The van der Waals surface area contributed by atoms with E-state index in [0.717, 1.165) is 44.9 Å². The molecule has 0 aromatic heterocycles. The third kappa shape index (κ3) is 33.0. The highest BCUT2D eigenvalue weighted by molar-refractivity contribution is 5.76. The van der Waals surface area contributed by atoms with Crippen LogP contribution in [0.5, 0.6) is 0 Å². The number of rotatable bonds is 44. The van der Waals surface area contributed by atoms with Crippen LogP contribution in [0, 0.1) is 0 Å². The summed E-state index contributed by atoms with van der Waals surface area (Å²) in [7, 11) is 0. The van der Waals surface area contributed by atoms with Crippen molar-refractivity contribution in [2.24, 2.45) is 0 Å². The fourth-order valence-electron chi connectivity index (χ4n) is 8.25. The second-order valence-corrected chi connectivity index (χ2v) is 18.3. The molecule has 7 unspecified atom stereocenters. The number of amides is 1. The van der Waals surface area contributed by atoms with E-state index < -0.39 is 49.5 Å². The van der Waals surface area contributed by atoms with E-state index >= 15 is 0 Å². The number of hydrogen-bond donors (Lipinski definition) is 6. The van der Waals surface area contributed by atoms with Crippen LogP contribution in [0.2, 0.25) is 0 Å². The second kappa shape index (κ2) is 43.3. The van der Waals surface area contributed by atoms with Gasteiger partial charge in [0, 0.05) is 6.42 Å². The quantitative estimate of drug-likeness (QED) is 0.0262. The smallest absolute Gasteiger partial charge is 0.220 e. The maximum absolute atomic E-state index is 13.0. The molecule has 1 rings (SSSR count). The molecule has 9 heteroatoms. The fraction of sp³-hybridized carbons (Fsp3) is 0.868. The summed E-state index contributed by atoms with van der Waals surface area (Å²) in [5, 5.41) is 54.3. The van der Waals surface area contributed by atoms with Crippen LogP contribution >= 0.6 is 0 Å². The standard InChI is InChI=1S/C53H99NO8/c1-3-5-7-9-11-13-15-17-19-21-22-23-24-25-27-28-30-32-34-36-38-40-42-47(56)46(45-61-53-52(60)51(59)50(58)48(44-55)62-53)54-49(57)43-41-39-37-35-33-31-29-26-20-18-16-14-12-10-8-6-4-2/h25,27,32,34,40,42,46-48,50-53,55-56,58-60H,3-24,26,28-31,33,35-39,41,43-45H2,1-2H3,(H,54,57)/b27-25+,34-32+,42-40+. The first-order chi connectivity index (χ1) is 30.3. The summed E-state index contributed by atoms with van der Waals surface area (Å²) in [5.41, 5.74) is 0. The van der Waals surface area contributed by atoms with Gasteiger partial charge in [0.25, 0.3) is 0 Å². The Kier molecular flexibility index (Phi) is 40.8. The van der Waals surface area contributed by atoms with Crippen LogP contribution < -0.4 is 5.32 Å². The molecule has 0 aromatic carbocycles. The van der Waals surface area contributed by atoms with E-state index in [0.29, 0.717) is 6.42 Å². The van der Waals surface area contributed by atoms with Crippen LogP contribution in [0.25, 0.3) is 0 Å². The molecule has 0 aliphatic carbocycles. The summed E-state index contributed by atoms with van der Waals surface area (Å²) in [6.07, 6.45) is 47.7. The lowest BCUT2D eigenvalue weighted by atomic mass is 9.99. The molecule has 0 aromatic rings. The van der Waals surface area contributed by atoms with E-state index in [-0.39, 0.29) is 12.5 Å². The zero-order valence-corrected chi connectivity index (χ0v) is 40.1. The predicted molar refractivity (Wildman–Crippen MR) is 258 cm³/mol. The Labute approximate surface area is 381 Å². The van der Waals surface area contributed by atoms with Crippen LogP contribution in [0.1, 0.15) is 239 Å². The Morgan fingerprint density at radius 2 is 0.919 bits per heavy atom. The Hall–Kier alpha value is -1.59. The summed E-state index contributed by atoms with van der Waals surface area (Å²) in [4.78, 5) is 13.0. The molecular weight excluding hydrogens is 779 g/mol. The summed E-state index contributed by atoms with van der Waals surface area (Å²) >= 11 is 0. The van der Waals surface area contributed by atoms with Crippen LogP contribution in [-0.2, 0) is 14.3 Å². The summed E-state index contributed by atoms with van der Waals surface area (Å²) < 4.78 is 11.2. The van der Waals surface area contributed by atoms with E-state index in [9.17, 15) is 30.3 Å². The molecule has 1 aliphatic rings. The number of unbranched alkanes of at least 4 members (excludes halogenated alkanes) is 30.